The summed E-state index contributed by atoms with van der Waals surface area (Å²) < 4.78 is 14.0. The maximum Gasteiger partial charge on any atom is 0.137 e. The summed E-state index contributed by atoms with van der Waals surface area (Å²) in [7, 11) is 0. The fourth-order valence-corrected chi connectivity index (χ4v) is 3.11. The van der Waals surface area contributed by atoms with Crippen LogP contribution < -0.4 is 5.73 Å². The Morgan fingerprint density at radius 1 is 1.16 bits per heavy atom. The molecule has 19 heavy (non-hydrogen) atoms. The third-order valence-electron chi connectivity index (χ3n) is 3.02. The molecule has 0 bridgehead atoms. The van der Waals surface area contributed by atoms with Gasteiger partial charge in [-0.2, -0.15) is 0 Å². The van der Waals surface area contributed by atoms with Crippen LogP contribution in [-0.2, 0) is 6.42 Å². The first-order chi connectivity index (χ1) is 9.11. The van der Waals surface area contributed by atoms with Crippen molar-refractivity contribution in [2.75, 3.05) is 6.54 Å². The second-order valence-corrected chi connectivity index (χ2v) is 5.69. The number of nitrogens with two attached hydrogens (primary N) is 1. The predicted molar refractivity (Wildman–Crippen MR) is 79.2 cm³/mol. The summed E-state index contributed by atoms with van der Waals surface area (Å²) in [6.07, 6.45) is 0.699. The van der Waals surface area contributed by atoms with E-state index in [1.807, 2.05) is 19.9 Å². The van der Waals surface area contributed by atoms with Crippen molar-refractivity contribution >= 4 is 11.8 Å². The van der Waals surface area contributed by atoms with Crippen molar-refractivity contribution in [2.45, 2.75) is 30.1 Å². The van der Waals surface area contributed by atoms with E-state index >= 15 is 0 Å². The summed E-state index contributed by atoms with van der Waals surface area (Å²) in [5, 5.41) is 0. The van der Waals surface area contributed by atoms with Gasteiger partial charge in [0.2, 0.25) is 0 Å². The Balaban J connectivity index is 2.39. The van der Waals surface area contributed by atoms with Crippen LogP contribution in [0.3, 0.4) is 0 Å². The Hall–Kier alpha value is -1.32. The van der Waals surface area contributed by atoms with E-state index in [-0.39, 0.29) is 5.82 Å². The fraction of sp³-hybridized carbons (Fsp3) is 0.250. The van der Waals surface area contributed by atoms with Crippen LogP contribution in [0, 0.1) is 19.7 Å². The molecule has 0 saturated carbocycles. The van der Waals surface area contributed by atoms with Gasteiger partial charge < -0.3 is 5.73 Å². The quantitative estimate of drug-likeness (QED) is 0.909. The van der Waals surface area contributed by atoms with Gasteiger partial charge in [0.15, 0.2) is 0 Å². The van der Waals surface area contributed by atoms with E-state index < -0.39 is 0 Å². The van der Waals surface area contributed by atoms with E-state index in [2.05, 4.69) is 18.2 Å². The minimum Gasteiger partial charge on any atom is -0.330 e. The molecule has 0 radical (unpaired) electrons. The zero-order chi connectivity index (χ0) is 13.8. The van der Waals surface area contributed by atoms with E-state index in [9.17, 15) is 4.39 Å². The summed E-state index contributed by atoms with van der Waals surface area (Å²) in [6.45, 7) is 4.63. The van der Waals surface area contributed by atoms with Crippen molar-refractivity contribution in [1.82, 2.24) is 0 Å². The second kappa shape index (κ2) is 6.22. The Morgan fingerprint density at radius 3 is 2.68 bits per heavy atom. The Morgan fingerprint density at radius 2 is 1.95 bits per heavy atom. The smallest absolute Gasteiger partial charge is 0.137 e. The number of halogens is 1. The van der Waals surface area contributed by atoms with Gasteiger partial charge in [-0.25, -0.2) is 4.39 Å². The van der Waals surface area contributed by atoms with Crippen LogP contribution in [0.1, 0.15) is 16.7 Å². The zero-order valence-electron chi connectivity index (χ0n) is 11.2. The number of rotatable bonds is 4. The first kappa shape index (κ1) is 14.1. The molecule has 100 valence electrons. The third kappa shape index (κ3) is 3.37. The third-order valence-corrected chi connectivity index (χ3v) is 4.34. The lowest BCUT2D eigenvalue weighted by Gasteiger charge is -2.11. The topological polar surface area (TPSA) is 26.0 Å². The highest BCUT2D eigenvalue weighted by atomic mass is 32.2. The first-order valence-corrected chi connectivity index (χ1v) is 7.16. The number of aryl methyl sites for hydroxylation is 2. The minimum absolute atomic E-state index is 0.170. The molecule has 0 aromatic heterocycles. The van der Waals surface area contributed by atoms with Gasteiger partial charge in [-0.05, 0) is 55.6 Å². The van der Waals surface area contributed by atoms with Gasteiger partial charge in [-0.3, -0.25) is 0 Å². The summed E-state index contributed by atoms with van der Waals surface area (Å²) >= 11 is 1.49. The largest absolute Gasteiger partial charge is 0.330 e. The van der Waals surface area contributed by atoms with Gasteiger partial charge in [-0.15, -0.1) is 0 Å². The molecule has 0 aliphatic heterocycles. The number of hydrogen-bond donors (Lipinski definition) is 1. The van der Waals surface area contributed by atoms with Crippen molar-refractivity contribution in [3.8, 4) is 0 Å². The van der Waals surface area contributed by atoms with E-state index in [0.717, 1.165) is 16.0 Å². The molecule has 2 aromatic rings. The van der Waals surface area contributed by atoms with E-state index in [4.69, 9.17) is 5.73 Å². The highest BCUT2D eigenvalue weighted by Crippen LogP contribution is 2.35. The van der Waals surface area contributed by atoms with Crippen molar-refractivity contribution in [2.24, 2.45) is 5.73 Å². The van der Waals surface area contributed by atoms with Gasteiger partial charge in [0.05, 0.1) is 4.90 Å². The van der Waals surface area contributed by atoms with E-state index in [1.54, 1.807) is 6.07 Å². The van der Waals surface area contributed by atoms with Gasteiger partial charge in [-0.1, -0.05) is 36.0 Å². The van der Waals surface area contributed by atoms with Crippen molar-refractivity contribution in [3.63, 3.8) is 0 Å². The Labute approximate surface area is 118 Å². The lowest BCUT2D eigenvalue weighted by molar-refractivity contribution is 0.597. The standard InChI is InChI=1S/C16H18FNS/c1-11-6-7-12(2)15(10-11)19-16-13(8-9-18)4-3-5-14(16)17/h3-7,10H,8-9,18H2,1-2H3. The van der Waals surface area contributed by atoms with Crippen LogP contribution in [0.5, 0.6) is 0 Å². The molecule has 2 N–H and O–H groups in total. The molecule has 0 atom stereocenters. The molecule has 0 heterocycles. The maximum atomic E-state index is 14.0. The second-order valence-electron chi connectivity index (χ2n) is 4.64. The Bertz CT molecular complexity index is 581. The van der Waals surface area contributed by atoms with E-state index in [1.165, 1.54) is 23.4 Å². The fourth-order valence-electron chi connectivity index (χ4n) is 1.95. The molecule has 0 amide bonds. The molecule has 0 fully saturated rings. The van der Waals surface area contributed by atoms with Gasteiger partial charge >= 0.3 is 0 Å². The molecule has 3 heteroatoms. The summed E-state index contributed by atoms with van der Waals surface area (Å²) in [5.41, 5.74) is 8.92. The molecule has 0 saturated heterocycles. The molecular formula is C16H18FNS. The van der Waals surface area contributed by atoms with Crippen LogP contribution in [0.15, 0.2) is 46.2 Å². The molecule has 0 spiro atoms. The number of benzene rings is 2. The normalized spacial score (nSPS) is 10.7. The highest BCUT2D eigenvalue weighted by molar-refractivity contribution is 7.99. The lowest BCUT2D eigenvalue weighted by Crippen LogP contribution is -2.04. The Kier molecular flexibility index (Phi) is 4.61. The molecular weight excluding hydrogens is 257 g/mol. The summed E-state index contributed by atoms with van der Waals surface area (Å²) in [5.74, 6) is -0.170. The summed E-state index contributed by atoms with van der Waals surface area (Å²) in [4.78, 5) is 1.80. The maximum absolute atomic E-state index is 14.0. The van der Waals surface area contributed by atoms with Crippen molar-refractivity contribution in [1.29, 1.82) is 0 Å². The van der Waals surface area contributed by atoms with Crippen LogP contribution in [-0.4, -0.2) is 6.54 Å². The predicted octanol–water partition coefficient (Wildman–Crippen LogP) is 4.09. The highest BCUT2D eigenvalue weighted by Gasteiger charge is 2.11. The van der Waals surface area contributed by atoms with Crippen LogP contribution in [0.2, 0.25) is 0 Å². The van der Waals surface area contributed by atoms with Crippen molar-refractivity contribution < 1.29 is 4.39 Å². The monoisotopic (exact) mass is 275 g/mol. The van der Waals surface area contributed by atoms with Gasteiger partial charge in [0.25, 0.3) is 0 Å². The molecule has 0 aliphatic rings. The van der Waals surface area contributed by atoms with Crippen LogP contribution in [0.4, 0.5) is 4.39 Å². The zero-order valence-corrected chi connectivity index (χ0v) is 12.1. The first-order valence-electron chi connectivity index (χ1n) is 6.34. The lowest BCUT2D eigenvalue weighted by atomic mass is 10.1. The average molecular weight is 275 g/mol. The summed E-state index contributed by atoms with van der Waals surface area (Å²) in [6, 6.07) is 11.4. The molecule has 0 aliphatic carbocycles. The molecule has 1 nitrogen and oxygen atoms in total. The minimum atomic E-state index is -0.170. The van der Waals surface area contributed by atoms with E-state index in [0.29, 0.717) is 17.9 Å². The SMILES string of the molecule is Cc1ccc(C)c(Sc2c(F)cccc2CCN)c1. The molecule has 0 unspecified atom stereocenters. The van der Waals surface area contributed by atoms with Gasteiger partial charge in [0.1, 0.15) is 5.82 Å². The van der Waals surface area contributed by atoms with Crippen molar-refractivity contribution in [3.05, 3.63) is 58.9 Å². The van der Waals surface area contributed by atoms with Gasteiger partial charge in [0, 0.05) is 4.90 Å². The number of hydrogen-bond acceptors (Lipinski definition) is 2. The average Bonchev–Trinajstić information content (AvgIpc) is 2.38. The molecule has 2 aromatic carbocycles. The van der Waals surface area contributed by atoms with Crippen LogP contribution in [0.25, 0.3) is 0 Å². The molecule has 2 rings (SSSR count). The van der Waals surface area contributed by atoms with Crippen LogP contribution >= 0.6 is 11.8 Å².